The largest absolute Gasteiger partial charge is 0.324 e. The molecule has 0 radical (unpaired) electrons. The molecular formula is C7H11N3S. The second-order valence-corrected chi connectivity index (χ2v) is 3.31. The van der Waals surface area contributed by atoms with E-state index in [-0.39, 0.29) is 0 Å². The Hall–Kier alpha value is -0.610. The molecule has 0 fully saturated rings. The molecule has 11 heavy (non-hydrogen) atoms. The quantitative estimate of drug-likeness (QED) is 0.687. The van der Waals surface area contributed by atoms with Crippen LogP contribution >= 0.6 is 11.8 Å². The highest BCUT2D eigenvalue weighted by Crippen LogP contribution is 2.13. The predicted molar refractivity (Wildman–Crippen MR) is 46.3 cm³/mol. The zero-order valence-electron chi connectivity index (χ0n) is 6.45. The third-order valence-electron chi connectivity index (χ3n) is 1.18. The molecule has 60 valence electrons. The van der Waals surface area contributed by atoms with Crippen molar-refractivity contribution in [3.8, 4) is 0 Å². The maximum atomic E-state index is 5.34. The fourth-order valence-corrected chi connectivity index (χ4v) is 1.28. The molecule has 0 saturated heterocycles. The van der Waals surface area contributed by atoms with Gasteiger partial charge in [0.05, 0.1) is 6.54 Å². The first-order valence-corrected chi connectivity index (χ1v) is 4.49. The van der Waals surface area contributed by atoms with Gasteiger partial charge in [-0.25, -0.2) is 9.97 Å². The van der Waals surface area contributed by atoms with Crippen LogP contribution in [0.5, 0.6) is 0 Å². The minimum atomic E-state index is 0.414. The Morgan fingerprint density at radius 1 is 1.45 bits per heavy atom. The summed E-state index contributed by atoms with van der Waals surface area (Å²) in [4.78, 5) is 9.22. The molecule has 0 spiro atoms. The van der Waals surface area contributed by atoms with Gasteiger partial charge in [0.15, 0.2) is 0 Å². The molecule has 0 amide bonds. The van der Waals surface area contributed by atoms with Crippen molar-refractivity contribution in [1.29, 1.82) is 0 Å². The number of hydrogen-bond acceptors (Lipinski definition) is 4. The van der Waals surface area contributed by atoms with Crippen molar-refractivity contribution < 1.29 is 0 Å². The van der Waals surface area contributed by atoms with Crippen molar-refractivity contribution in [1.82, 2.24) is 9.97 Å². The molecule has 1 rings (SSSR count). The van der Waals surface area contributed by atoms with Gasteiger partial charge in [0, 0.05) is 17.3 Å². The summed E-state index contributed by atoms with van der Waals surface area (Å²) in [5, 5.41) is 0. The second-order valence-electron chi connectivity index (χ2n) is 1.97. The lowest BCUT2D eigenvalue weighted by Crippen LogP contribution is -2.01. The fourth-order valence-electron chi connectivity index (χ4n) is 0.690. The van der Waals surface area contributed by atoms with E-state index < -0.39 is 0 Å². The van der Waals surface area contributed by atoms with Crippen LogP contribution in [-0.4, -0.2) is 15.7 Å². The summed E-state index contributed by atoms with van der Waals surface area (Å²) >= 11 is 1.73. The van der Waals surface area contributed by atoms with Gasteiger partial charge in [0.25, 0.3) is 0 Å². The summed E-state index contributed by atoms with van der Waals surface area (Å²) in [6.07, 6.45) is 3.62. The predicted octanol–water partition coefficient (Wildman–Crippen LogP) is 1.05. The van der Waals surface area contributed by atoms with E-state index in [4.69, 9.17) is 5.73 Å². The summed E-state index contributed by atoms with van der Waals surface area (Å²) in [5.74, 6) is 1.75. The fraction of sp³-hybridized carbons (Fsp3) is 0.429. The summed E-state index contributed by atoms with van der Waals surface area (Å²) in [7, 11) is 0. The number of nitrogens with two attached hydrogens (primary N) is 1. The van der Waals surface area contributed by atoms with E-state index >= 15 is 0 Å². The zero-order valence-corrected chi connectivity index (χ0v) is 7.27. The lowest BCUT2D eigenvalue weighted by atomic mass is 10.5. The van der Waals surface area contributed by atoms with Crippen molar-refractivity contribution in [3.05, 3.63) is 18.2 Å². The first-order chi connectivity index (χ1) is 5.36. The highest BCUT2D eigenvalue weighted by Gasteiger charge is 1.93. The van der Waals surface area contributed by atoms with E-state index in [1.54, 1.807) is 11.8 Å². The van der Waals surface area contributed by atoms with Crippen LogP contribution in [0.2, 0.25) is 0 Å². The Bertz CT molecular complexity index is 209. The molecule has 2 N–H and O–H groups in total. The third-order valence-corrected chi connectivity index (χ3v) is 2.01. The maximum absolute atomic E-state index is 5.34. The highest BCUT2D eigenvalue weighted by molar-refractivity contribution is 7.99. The van der Waals surface area contributed by atoms with Gasteiger partial charge in [-0.1, -0.05) is 6.92 Å². The maximum Gasteiger partial charge on any atom is 0.141 e. The standard InChI is InChI=1S/C7H11N3S/c1-2-11-6-4-9-7(3-8)10-5-6/h4-5H,2-3,8H2,1H3. The SMILES string of the molecule is CCSc1cnc(CN)nc1. The number of nitrogens with zero attached hydrogens (tertiary/aromatic N) is 2. The van der Waals surface area contributed by atoms with E-state index in [1.807, 2.05) is 12.4 Å². The van der Waals surface area contributed by atoms with Crippen LogP contribution in [0.15, 0.2) is 17.3 Å². The molecule has 0 saturated carbocycles. The summed E-state index contributed by atoms with van der Waals surface area (Å²) in [6, 6.07) is 0. The molecule has 0 aromatic carbocycles. The Balaban J connectivity index is 2.66. The summed E-state index contributed by atoms with van der Waals surface area (Å²) < 4.78 is 0. The topological polar surface area (TPSA) is 51.8 Å². The van der Waals surface area contributed by atoms with Gasteiger partial charge in [-0.15, -0.1) is 11.8 Å². The van der Waals surface area contributed by atoms with Gasteiger partial charge < -0.3 is 5.73 Å². The van der Waals surface area contributed by atoms with Gasteiger partial charge in [-0.2, -0.15) is 0 Å². The normalized spacial score (nSPS) is 10.0. The van der Waals surface area contributed by atoms with E-state index in [0.29, 0.717) is 12.4 Å². The molecule has 1 aromatic heterocycles. The van der Waals surface area contributed by atoms with Crippen LogP contribution in [0.4, 0.5) is 0 Å². The minimum absolute atomic E-state index is 0.414. The molecular weight excluding hydrogens is 158 g/mol. The smallest absolute Gasteiger partial charge is 0.141 e. The zero-order chi connectivity index (χ0) is 8.10. The van der Waals surface area contributed by atoms with Gasteiger partial charge in [-0.05, 0) is 5.75 Å². The van der Waals surface area contributed by atoms with Crippen molar-refractivity contribution in [2.24, 2.45) is 5.73 Å². The van der Waals surface area contributed by atoms with Crippen LogP contribution < -0.4 is 5.73 Å². The van der Waals surface area contributed by atoms with Crippen molar-refractivity contribution in [2.45, 2.75) is 18.4 Å². The van der Waals surface area contributed by atoms with Crippen LogP contribution in [0.1, 0.15) is 12.7 Å². The van der Waals surface area contributed by atoms with Crippen LogP contribution in [0.25, 0.3) is 0 Å². The van der Waals surface area contributed by atoms with E-state index in [0.717, 1.165) is 10.6 Å². The average Bonchev–Trinajstić information content (AvgIpc) is 2.07. The first-order valence-electron chi connectivity index (χ1n) is 3.50. The number of hydrogen-bond donors (Lipinski definition) is 1. The van der Waals surface area contributed by atoms with Crippen molar-refractivity contribution in [3.63, 3.8) is 0 Å². The van der Waals surface area contributed by atoms with E-state index in [2.05, 4.69) is 16.9 Å². The van der Waals surface area contributed by atoms with E-state index in [1.165, 1.54) is 0 Å². The third kappa shape index (κ3) is 2.48. The summed E-state index contributed by atoms with van der Waals surface area (Å²) in [6.45, 7) is 2.51. The molecule has 1 aromatic rings. The molecule has 0 aliphatic rings. The Morgan fingerprint density at radius 2 is 2.09 bits per heavy atom. The molecule has 0 aliphatic carbocycles. The Morgan fingerprint density at radius 3 is 2.55 bits per heavy atom. The van der Waals surface area contributed by atoms with Gasteiger partial charge in [-0.3, -0.25) is 0 Å². The van der Waals surface area contributed by atoms with Gasteiger partial charge in [0.2, 0.25) is 0 Å². The molecule has 4 heteroatoms. The highest BCUT2D eigenvalue weighted by atomic mass is 32.2. The number of rotatable bonds is 3. The van der Waals surface area contributed by atoms with Gasteiger partial charge in [0.1, 0.15) is 5.82 Å². The lowest BCUT2D eigenvalue weighted by molar-refractivity contribution is 0.890. The summed E-state index contributed by atoms with van der Waals surface area (Å²) in [5.41, 5.74) is 5.34. The average molecular weight is 169 g/mol. The Labute approximate surface area is 70.4 Å². The van der Waals surface area contributed by atoms with E-state index in [9.17, 15) is 0 Å². The first kappa shape index (κ1) is 8.49. The molecule has 0 unspecified atom stereocenters. The molecule has 1 heterocycles. The monoisotopic (exact) mass is 169 g/mol. The molecule has 0 bridgehead atoms. The van der Waals surface area contributed by atoms with Crippen molar-refractivity contribution in [2.75, 3.05) is 5.75 Å². The minimum Gasteiger partial charge on any atom is -0.324 e. The van der Waals surface area contributed by atoms with Crippen molar-refractivity contribution >= 4 is 11.8 Å². The van der Waals surface area contributed by atoms with Crippen LogP contribution in [-0.2, 0) is 6.54 Å². The molecule has 3 nitrogen and oxygen atoms in total. The second kappa shape index (κ2) is 4.31. The lowest BCUT2D eigenvalue weighted by Gasteiger charge is -1.97. The van der Waals surface area contributed by atoms with Crippen LogP contribution in [0.3, 0.4) is 0 Å². The van der Waals surface area contributed by atoms with Gasteiger partial charge >= 0.3 is 0 Å². The molecule has 0 atom stereocenters. The number of aromatic nitrogens is 2. The molecule has 0 aliphatic heterocycles. The van der Waals surface area contributed by atoms with Crippen LogP contribution in [0, 0.1) is 0 Å². The number of thioether (sulfide) groups is 1. The Kier molecular flexibility index (Phi) is 3.32.